The fourth-order valence-electron chi connectivity index (χ4n) is 2.56. The molecule has 0 saturated heterocycles. The van der Waals surface area contributed by atoms with Crippen molar-refractivity contribution in [3.63, 3.8) is 0 Å². The van der Waals surface area contributed by atoms with Gasteiger partial charge < -0.3 is 9.47 Å². The lowest BCUT2D eigenvalue weighted by Gasteiger charge is -2.12. The Balaban J connectivity index is 2.05. The third-order valence-electron chi connectivity index (χ3n) is 3.61. The van der Waals surface area contributed by atoms with Gasteiger partial charge in [0.15, 0.2) is 0 Å². The Hall–Kier alpha value is -2.29. The third kappa shape index (κ3) is 4.10. The lowest BCUT2D eigenvalue weighted by atomic mass is 9.96. The molecule has 2 aromatic carbocycles. The molecule has 0 aliphatic carbocycles. The van der Waals surface area contributed by atoms with Gasteiger partial charge in [-0.05, 0) is 36.3 Å². The minimum atomic E-state index is -0.230. The topological polar surface area (TPSA) is 35.5 Å². The van der Waals surface area contributed by atoms with Crippen LogP contribution in [0.3, 0.4) is 0 Å². The zero-order valence-corrected chi connectivity index (χ0v) is 13.2. The fourth-order valence-corrected chi connectivity index (χ4v) is 2.56. The summed E-state index contributed by atoms with van der Waals surface area (Å²) in [6.07, 6.45) is 2.49. The quantitative estimate of drug-likeness (QED) is 0.434. The highest BCUT2D eigenvalue weighted by molar-refractivity contribution is 5.91. The monoisotopic (exact) mass is 298 g/mol. The summed E-state index contributed by atoms with van der Waals surface area (Å²) in [4.78, 5) is 10.7. The summed E-state index contributed by atoms with van der Waals surface area (Å²) in [5.41, 5.74) is 2.39. The number of carbonyl (C=O) groups is 1. The number of allylic oxidation sites excluding steroid dienone is 1. The Morgan fingerprint density at radius 2 is 1.86 bits per heavy atom. The lowest BCUT2D eigenvalue weighted by molar-refractivity contribution is -0.141. The van der Waals surface area contributed by atoms with Crippen molar-refractivity contribution < 1.29 is 14.3 Å². The maximum atomic E-state index is 10.7. The van der Waals surface area contributed by atoms with Gasteiger partial charge in [-0.15, -0.1) is 0 Å². The van der Waals surface area contributed by atoms with Crippen LogP contribution >= 0.6 is 0 Å². The van der Waals surface area contributed by atoms with E-state index in [0.717, 1.165) is 36.0 Å². The van der Waals surface area contributed by atoms with E-state index in [1.807, 2.05) is 18.2 Å². The molecular weight excluding hydrogens is 276 g/mol. The lowest BCUT2D eigenvalue weighted by Crippen LogP contribution is -2.01. The number of benzene rings is 2. The maximum Gasteiger partial charge on any atom is 0.302 e. The van der Waals surface area contributed by atoms with Crippen molar-refractivity contribution in [3.8, 4) is 5.75 Å². The molecule has 3 heteroatoms. The Bertz CT molecular complexity index is 673. The molecule has 0 radical (unpaired) electrons. The van der Waals surface area contributed by atoms with Crippen LogP contribution < -0.4 is 4.74 Å². The SMILES string of the molecule is C=C(CCCOC(C)=O)Cc1ccc(OC)c2ccccc12. The van der Waals surface area contributed by atoms with Crippen LogP contribution in [0, 0.1) is 0 Å². The molecule has 3 nitrogen and oxygen atoms in total. The van der Waals surface area contributed by atoms with Crippen LogP contribution in [0.1, 0.15) is 25.3 Å². The number of fused-ring (bicyclic) bond motifs is 1. The average molecular weight is 298 g/mol. The van der Waals surface area contributed by atoms with Crippen LogP contribution in [-0.2, 0) is 16.0 Å². The zero-order chi connectivity index (χ0) is 15.9. The van der Waals surface area contributed by atoms with E-state index in [9.17, 15) is 4.79 Å². The molecule has 0 unspecified atom stereocenters. The van der Waals surface area contributed by atoms with E-state index in [1.165, 1.54) is 17.9 Å². The highest BCUT2D eigenvalue weighted by Crippen LogP contribution is 2.29. The van der Waals surface area contributed by atoms with Crippen LogP contribution in [0.25, 0.3) is 10.8 Å². The molecule has 0 fully saturated rings. The number of hydrogen-bond donors (Lipinski definition) is 0. The summed E-state index contributed by atoms with van der Waals surface area (Å²) in [6.45, 7) is 6.03. The predicted molar refractivity (Wildman–Crippen MR) is 89.2 cm³/mol. The highest BCUT2D eigenvalue weighted by atomic mass is 16.5. The van der Waals surface area contributed by atoms with Gasteiger partial charge in [0.05, 0.1) is 13.7 Å². The minimum absolute atomic E-state index is 0.230. The van der Waals surface area contributed by atoms with Crippen LogP contribution in [0.4, 0.5) is 0 Å². The Labute approximate surface area is 131 Å². The molecule has 0 atom stereocenters. The van der Waals surface area contributed by atoms with Gasteiger partial charge in [-0.2, -0.15) is 0 Å². The molecule has 0 aliphatic heterocycles. The van der Waals surface area contributed by atoms with Crippen LogP contribution in [-0.4, -0.2) is 19.7 Å². The van der Waals surface area contributed by atoms with Crippen LogP contribution in [0.5, 0.6) is 5.75 Å². The molecule has 0 aromatic heterocycles. The van der Waals surface area contributed by atoms with E-state index < -0.39 is 0 Å². The maximum absolute atomic E-state index is 10.7. The van der Waals surface area contributed by atoms with E-state index in [1.54, 1.807) is 7.11 Å². The van der Waals surface area contributed by atoms with Gasteiger partial charge >= 0.3 is 5.97 Å². The molecule has 0 amide bonds. The molecule has 2 rings (SSSR count). The smallest absolute Gasteiger partial charge is 0.302 e. The van der Waals surface area contributed by atoms with E-state index in [4.69, 9.17) is 9.47 Å². The minimum Gasteiger partial charge on any atom is -0.496 e. The van der Waals surface area contributed by atoms with Gasteiger partial charge in [0, 0.05) is 12.3 Å². The van der Waals surface area contributed by atoms with Crippen molar-refractivity contribution in [1.82, 2.24) is 0 Å². The number of rotatable bonds is 7. The molecule has 0 bridgehead atoms. The predicted octanol–water partition coefficient (Wildman–Crippen LogP) is 4.29. The van der Waals surface area contributed by atoms with Crippen LogP contribution in [0.15, 0.2) is 48.6 Å². The van der Waals surface area contributed by atoms with Gasteiger partial charge in [-0.1, -0.05) is 42.5 Å². The zero-order valence-electron chi connectivity index (χ0n) is 13.2. The van der Waals surface area contributed by atoms with E-state index in [0.29, 0.717) is 6.61 Å². The van der Waals surface area contributed by atoms with E-state index in [-0.39, 0.29) is 5.97 Å². The first-order valence-electron chi connectivity index (χ1n) is 7.46. The first-order chi connectivity index (χ1) is 10.6. The molecule has 0 spiro atoms. The number of esters is 1. The van der Waals surface area contributed by atoms with Crippen molar-refractivity contribution >= 4 is 16.7 Å². The number of hydrogen-bond acceptors (Lipinski definition) is 3. The van der Waals surface area contributed by atoms with Gasteiger partial charge in [-0.25, -0.2) is 0 Å². The summed E-state index contributed by atoms with van der Waals surface area (Å²) in [6, 6.07) is 12.3. The molecule has 0 N–H and O–H groups in total. The number of carbonyl (C=O) groups excluding carboxylic acids is 1. The largest absolute Gasteiger partial charge is 0.496 e. The molecule has 0 heterocycles. The van der Waals surface area contributed by atoms with Crippen molar-refractivity contribution in [3.05, 3.63) is 54.1 Å². The first kappa shape index (κ1) is 16.1. The standard InChI is InChI=1S/C19H22O3/c1-14(7-6-12-22-15(2)20)13-16-10-11-19(21-3)18-9-5-4-8-17(16)18/h4-5,8-11H,1,6-7,12-13H2,2-3H3. The van der Waals surface area contributed by atoms with E-state index >= 15 is 0 Å². The van der Waals surface area contributed by atoms with Gasteiger partial charge in [-0.3, -0.25) is 4.79 Å². The van der Waals surface area contributed by atoms with Gasteiger partial charge in [0.1, 0.15) is 5.75 Å². The van der Waals surface area contributed by atoms with Crippen molar-refractivity contribution in [1.29, 1.82) is 0 Å². The normalized spacial score (nSPS) is 10.5. The first-order valence-corrected chi connectivity index (χ1v) is 7.46. The Morgan fingerprint density at radius 1 is 1.14 bits per heavy atom. The van der Waals surface area contributed by atoms with Crippen molar-refractivity contribution in [2.75, 3.05) is 13.7 Å². The van der Waals surface area contributed by atoms with E-state index in [2.05, 4.69) is 24.8 Å². The highest BCUT2D eigenvalue weighted by Gasteiger charge is 2.07. The third-order valence-corrected chi connectivity index (χ3v) is 3.61. The van der Waals surface area contributed by atoms with Crippen LogP contribution in [0.2, 0.25) is 0 Å². The second-order valence-electron chi connectivity index (χ2n) is 5.34. The van der Waals surface area contributed by atoms with Crippen molar-refractivity contribution in [2.24, 2.45) is 0 Å². The molecule has 0 aliphatic rings. The number of methoxy groups -OCH3 is 1. The second-order valence-corrected chi connectivity index (χ2v) is 5.34. The summed E-state index contributed by atoms with van der Waals surface area (Å²) in [7, 11) is 1.69. The van der Waals surface area contributed by atoms with Crippen molar-refractivity contribution in [2.45, 2.75) is 26.2 Å². The van der Waals surface area contributed by atoms with Gasteiger partial charge in [0.2, 0.25) is 0 Å². The summed E-state index contributed by atoms with van der Waals surface area (Å²) in [5.74, 6) is 0.659. The molecule has 116 valence electrons. The molecule has 0 saturated carbocycles. The summed E-state index contributed by atoms with van der Waals surface area (Å²) in [5, 5.41) is 2.32. The Morgan fingerprint density at radius 3 is 2.55 bits per heavy atom. The van der Waals surface area contributed by atoms with Gasteiger partial charge in [0.25, 0.3) is 0 Å². The fraction of sp³-hybridized carbons (Fsp3) is 0.316. The average Bonchev–Trinajstić information content (AvgIpc) is 2.52. The second kappa shape index (κ2) is 7.64. The molecular formula is C19H22O3. The molecule has 2 aromatic rings. The summed E-state index contributed by atoms with van der Waals surface area (Å²) >= 11 is 0. The molecule has 22 heavy (non-hydrogen) atoms. The number of ether oxygens (including phenoxy) is 2. The Kier molecular flexibility index (Phi) is 5.59. The summed E-state index contributed by atoms with van der Waals surface area (Å²) < 4.78 is 10.4.